The number of hydrogen-bond acceptors (Lipinski definition) is 4. The molecule has 1 spiro atoms. The molecule has 0 radical (unpaired) electrons. The zero-order valence-electron chi connectivity index (χ0n) is 24.9. The van der Waals surface area contributed by atoms with Gasteiger partial charge in [0, 0.05) is 32.6 Å². The topological polar surface area (TPSA) is 70.7 Å². The van der Waals surface area contributed by atoms with Gasteiger partial charge in [-0.25, -0.2) is 0 Å². The molecular formula is C32H53N3O3. The lowest BCUT2D eigenvalue weighted by atomic mass is 9.44. The predicted molar refractivity (Wildman–Crippen MR) is 149 cm³/mol. The van der Waals surface area contributed by atoms with Gasteiger partial charge in [0.15, 0.2) is 0 Å². The van der Waals surface area contributed by atoms with Crippen molar-refractivity contribution in [1.82, 2.24) is 15.5 Å². The van der Waals surface area contributed by atoms with E-state index < -0.39 is 0 Å². The maximum atomic E-state index is 12.5. The molecule has 0 aromatic carbocycles. The number of carbonyl (C=O) groups excluding carboxylic acids is 2. The second-order valence-electron chi connectivity index (χ2n) is 15.3. The molecule has 12 atom stereocenters. The molecule has 38 heavy (non-hydrogen) atoms. The van der Waals surface area contributed by atoms with Gasteiger partial charge in [-0.15, -0.1) is 0 Å². The summed E-state index contributed by atoms with van der Waals surface area (Å²) in [5.74, 6) is 4.94. The van der Waals surface area contributed by atoms with Crippen LogP contribution in [0.4, 0.5) is 0 Å². The zero-order valence-corrected chi connectivity index (χ0v) is 24.9. The van der Waals surface area contributed by atoms with Crippen molar-refractivity contribution in [2.45, 2.75) is 116 Å². The zero-order chi connectivity index (χ0) is 27.0. The molecule has 6 rings (SSSR count). The summed E-state index contributed by atoms with van der Waals surface area (Å²) < 4.78 is 7.06. The minimum absolute atomic E-state index is 0.0327. The number of fused-ring (bicyclic) bond motifs is 7. The second-order valence-corrected chi connectivity index (χ2v) is 15.3. The lowest BCUT2D eigenvalue weighted by Crippen LogP contribution is -2.58. The van der Waals surface area contributed by atoms with Gasteiger partial charge in [0.05, 0.1) is 6.10 Å². The molecule has 0 aromatic rings. The molecule has 4 saturated carbocycles. The molecule has 0 aromatic heterocycles. The number of piperidine rings is 1. The fourth-order valence-electron chi connectivity index (χ4n) is 11.2. The van der Waals surface area contributed by atoms with Crippen LogP contribution < -0.4 is 10.6 Å². The van der Waals surface area contributed by atoms with Crippen molar-refractivity contribution in [2.75, 3.05) is 20.6 Å². The summed E-state index contributed by atoms with van der Waals surface area (Å²) in [7, 11) is 3.43. The molecule has 2 saturated heterocycles. The fourth-order valence-corrected chi connectivity index (χ4v) is 11.2. The molecular weight excluding hydrogens is 474 g/mol. The van der Waals surface area contributed by atoms with E-state index in [0.717, 1.165) is 43.1 Å². The molecule has 2 N–H and O–H groups in total. The van der Waals surface area contributed by atoms with E-state index >= 15 is 0 Å². The number of amides is 2. The SMILES string of the molecule is C[C@@H]1CC[C@@]2(NC1)O[C@H]1C[C@H]3[C@@H]4CC[C@@H]5C[C@@H](NC(=O)CC(=O)N(C)C)CC[C@]5(C)[C@H]4CC[C@]3(C)[C@H]1[C@@H]2C. The Morgan fingerprint density at radius 2 is 1.71 bits per heavy atom. The van der Waals surface area contributed by atoms with Gasteiger partial charge in [-0.1, -0.05) is 27.7 Å². The van der Waals surface area contributed by atoms with Crippen LogP contribution in [0.15, 0.2) is 0 Å². The van der Waals surface area contributed by atoms with Gasteiger partial charge in [0.2, 0.25) is 11.8 Å². The summed E-state index contributed by atoms with van der Waals surface area (Å²) in [4.78, 5) is 26.0. The van der Waals surface area contributed by atoms with E-state index in [0.29, 0.717) is 34.7 Å². The Labute approximate surface area is 230 Å². The van der Waals surface area contributed by atoms with Gasteiger partial charge in [-0.2, -0.15) is 0 Å². The number of hydrogen-bond donors (Lipinski definition) is 2. The summed E-state index contributed by atoms with van der Waals surface area (Å²) in [5, 5.41) is 7.12. The summed E-state index contributed by atoms with van der Waals surface area (Å²) >= 11 is 0. The fraction of sp³-hybridized carbons (Fsp3) is 0.938. The van der Waals surface area contributed by atoms with Crippen LogP contribution in [0, 0.1) is 52.3 Å². The highest BCUT2D eigenvalue weighted by Gasteiger charge is 2.68. The standard InChI is InChI=1S/C32H53N3O3/c1-19-9-14-32(33-18-19)20(2)29-26(38-32)16-25-23-8-7-21-15-22(34-27(36)17-28(37)35(5)6)10-12-30(21,3)24(23)11-13-31(25,29)4/h19-26,29,33H,7-18H2,1-6H3,(H,34,36)/t19-,20+,21-,22+,23-,24+,25+,26+,29+,30+,31+,32-/m1/s1. The first kappa shape index (κ1) is 27.1. The predicted octanol–water partition coefficient (Wildman–Crippen LogP) is 4.97. The van der Waals surface area contributed by atoms with Crippen molar-refractivity contribution in [3.05, 3.63) is 0 Å². The van der Waals surface area contributed by atoms with Crippen molar-refractivity contribution in [3.63, 3.8) is 0 Å². The number of ether oxygens (including phenoxy) is 1. The molecule has 4 aliphatic carbocycles. The first-order valence-corrected chi connectivity index (χ1v) is 15.9. The van der Waals surface area contributed by atoms with Crippen molar-refractivity contribution in [3.8, 4) is 0 Å². The van der Waals surface area contributed by atoms with Crippen LogP contribution in [0.2, 0.25) is 0 Å². The quantitative estimate of drug-likeness (QED) is 0.509. The van der Waals surface area contributed by atoms with Crippen LogP contribution >= 0.6 is 0 Å². The lowest BCUT2D eigenvalue weighted by Gasteiger charge is -2.61. The molecule has 2 amide bonds. The van der Waals surface area contributed by atoms with Gasteiger partial charge in [-0.05, 0) is 111 Å². The van der Waals surface area contributed by atoms with Gasteiger partial charge in [0.25, 0.3) is 0 Å². The van der Waals surface area contributed by atoms with E-state index in [4.69, 9.17) is 4.74 Å². The van der Waals surface area contributed by atoms with Crippen molar-refractivity contribution >= 4 is 11.8 Å². The smallest absolute Gasteiger partial charge is 0.231 e. The Morgan fingerprint density at radius 3 is 2.42 bits per heavy atom. The Morgan fingerprint density at radius 1 is 0.947 bits per heavy atom. The van der Waals surface area contributed by atoms with E-state index in [1.165, 1.54) is 56.3 Å². The van der Waals surface area contributed by atoms with E-state index in [9.17, 15) is 9.59 Å². The maximum Gasteiger partial charge on any atom is 0.231 e. The first-order chi connectivity index (χ1) is 18.0. The highest BCUT2D eigenvalue weighted by Crippen LogP contribution is 2.71. The summed E-state index contributed by atoms with van der Waals surface area (Å²) in [6.45, 7) is 11.2. The first-order valence-electron chi connectivity index (χ1n) is 15.9. The van der Waals surface area contributed by atoms with Crippen LogP contribution in [-0.2, 0) is 14.3 Å². The minimum Gasteiger partial charge on any atom is -0.357 e. The molecule has 2 heterocycles. The average Bonchev–Trinajstić information content (AvgIpc) is 3.31. The molecule has 6 nitrogen and oxygen atoms in total. The Kier molecular flexibility index (Phi) is 6.74. The third kappa shape index (κ3) is 4.09. The van der Waals surface area contributed by atoms with Crippen molar-refractivity contribution < 1.29 is 14.3 Å². The van der Waals surface area contributed by atoms with Crippen LogP contribution in [0.5, 0.6) is 0 Å². The van der Waals surface area contributed by atoms with E-state index in [1.807, 2.05) is 0 Å². The minimum atomic E-state index is -0.117. The molecule has 6 aliphatic rings. The Hall–Kier alpha value is -1.14. The second kappa shape index (κ2) is 9.46. The summed E-state index contributed by atoms with van der Waals surface area (Å²) in [6.07, 6.45) is 12.8. The molecule has 214 valence electrons. The lowest BCUT2D eigenvalue weighted by molar-refractivity contribution is -0.138. The number of rotatable bonds is 3. The molecule has 0 unspecified atom stereocenters. The highest BCUT2D eigenvalue weighted by atomic mass is 16.5. The van der Waals surface area contributed by atoms with Crippen molar-refractivity contribution in [1.29, 1.82) is 0 Å². The molecule has 6 heteroatoms. The summed E-state index contributed by atoms with van der Waals surface area (Å²) in [5.41, 5.74) is 0.723. The molecule has 6 fully saturated rings. The van der Waals surface area contributed by atoms with Gasteiger partial charge >= 0.3 is 0 Å². The number of nitrogens with one attached hydrogen (secondary N) is 2. The number of nitrogens with zero attached hydrogens (tertiary/aromatic N) is 1. The van der Waals surface area contributed by atoms with Gasteiger partial charge < -0.3 is 15.0 Å². The van der Waals surface area contributed by atoms with Crippen LogP contribution in [0.1, 0.15) is 98.3 Å². The van der Waals surface area contributed by atoms with E-state index in [1.54, 1.807) is 14.1 Å². The average molecular weight is 528 g/mol. The van der Waals surface area contributed by atoms with E-state index in [-0.39, 0.29) is 30.0 Å². The van der Waals surface area contributed by atoms with Crippen LogP contribution in [0.3, 0.4) is 0 Å². The van der Waals surface area contributed by atoms with Crippen LogP contribution in [-0.4, -0.2) is 55.2 Å². The Balaban J connectivity index is 1.12. The number of carbonyl (C=O) groups is 2. The monoisotopic (exact) mass is 527 g/mol. The molecule has 2 aliphatic heterocycles. The highest BCUT2D eigenvalue weighted by molar-refractivity contribution is 5.96. The largest absolute Gasteiger partial charge is 0.357 e. The maximum absolute atomic E-state index is 12.5. The van der Waals surface area contributed by atoms with Gasteiger partial charge in [0.1, 0.15) is 12.1 Å². The molecule has 0 bridgehead atoms. The van der Waals surface area contributed by atoms with E-state index in [2.05, 4.69) is 38.3 Å². The Bertz CT molecular complexity index is 944. The van der Waals surface area contributed by atoms with Gasteiger partial charge in [-0.3, -0.25) is 14.9 Å². The third-order valence-electron chi connectivity index (χ3n) is 13.3. The van der Waals surface area contributed by atoms with Crippen molar-refractivity contribution in [2.24, 2.45) is 52.3 Å². The van der Waals surface area contributed by atoms with Crippen LogP contribution in [0.25, 0.3) is 0 Å². The third-order valence-corrected chi connectivity index (χ3v) is 13.3. The summed E-state index contributed by atoms with van der Waals surface area (Å²) in [6, 6.07) is 0.225. The normalized spacial score (nSPS) is 51.5.